The number of carbonyl (C=O) groups is 2. The number of aromatic nitrogens is 2. The van der Waals surface area contributed by atoms with Crippen LogP contribution in [0.15, 0.2) is 41.5 Å². The van der Waals surface area contributed by atoms with E-state index in [-0.39, 0.29) is 29.7 Å². The van der Waals surface area contributed by atoms with Crippen LogP contribution < -0.4 is 16.1 Å². The molecule has 10 nitrogen and oxygen atoms in total. The molecule has 4 rings (SSSR count). The fourth-order valence-electron chi connectivity index (χ4n) is 3.73. The number of nitrogens with two attached hydrogens (primary N) is 1. The number of carbonyl (C=O) groups excluding carboxylic acids is 2. The number of hydrogen-bond acceptors (Lipinski definition) is 7. The van der Waals surface area contributed by atoms with Gasteiger partial charge in [0.25, 0.3) is 5.91 Å². The molecule has 2 aromatic rings. The summed E-state index contributed by atoms with van der Waals surface area (Å²) >= 11 is 0. The molecule has 30 heavy (non-hydrogen) atoms. The minimum Gasteiger partial charge on any atom is -0.368 e. The number of primary amides is 1. The molecule has 1 aromatic carbocycles. The molecule has 158 valence electrons. The van der Waals surface area contributed by atoms with Gasteiger partial charge in [0.15, 0.2) is 9.84 Å². The SMILES string of the molecule is Cc1cc(NC(=O)C2=NN(c3ccccc3)C(C(N)=O)C2)n(C2CCS(=O)(=O)C2)n1. The molecule has 2 amide bonds. The van der Waals surface area contributed by atoms with Gasteiger partial charge in [-0.25, -0.2) is 13.1 Å². The van der Waals surface area contributed by atoms with Gasteiger partial charge in [0.1, 0.15) is 17.6 Å². The van der Waals surface area contributed by atoms with Gasteiger partial charge in [-0.2, -0.15) is 10.2 Å². The molecular weight excluding hydrogens is 408 g/mol. The van der Waals surface area contributed by atoms with Crippen LogP contribution in [0, 0.1) is 6.92 Å². The number of nitrogens with one attached hydrogen (secondary N) is 1. The summed E-state index contributed by atoms with van der Waals surface area (Å²) in [4.78, 5) is 24.8. The number of benzene rings is 1. The van der Waals surface area contributed by atoms with Gasteiger partial charge in [-0.05, 0) is 25.5 Å². The van der Waals surface area contributed by atoms with Crippen LogP contribution in [0.5, 0.6) is 0 Å². The van der Waals surface area contributed by atoms with Crippen molar-refractivity contribution in [3.8, 4) is 0 Å². The first-order valence-corrected chi connectivity index (χ1v) is 11.3. The van der Waals surface area contributed by atoms with Crippen LogP contribution in [0.4, 0.5) is 11.5 Å². The van der Waals surface area contributed by atoms with E-state index < -0.39 is 27.7 Å². The quantitative estimate of drug-likeness (QED) is 0.712. The van der Waals surface area contributed by atoms with E-state index in [0.717, 1.165) is 0 Å². The highest BCUT2D eigenvalue weighted by molar-refractivity contribution is 7.91. The predicted octanol–water partition coefficient (Wildman–Crippen LogP) is 0.610. The largest absolute Gasteiger partial charge is 0.368 e. The third kappa shape index (κ3) is 3.92. The third-order valence-corrected chi connectivity index (χ3v) is 6.93. The summed E-state index contributed by atoms with van der Waals surface area (Å²) in [7, 11) is -3.11. The van der Waals surface area contributed by atoms with Crippen LogP contribution in [0.1, 0.15) is 24.6 Å². The lowest BCUT2D eigenvalue weighted by Crippen LogP contribution is -2.39. The number of para-hydroxylation sites is 1. The molecule has 0 spiro atoms. The lowest BCUT2D eigenvalue weighted by Gasteiger charge is -2.20. The Morgan fingerprint density at radius 1 is 1.23 bits per heavy atom. The first-order chi connectivity index (χ1) is 14.2. The maximum atomic E-state index is 12.9. The highest BCUT2D eigenvalue weighted by atomic mass is 32.2. The molecule has 3 N–H and O–H groups in total. The van der Waals surface area contributed by atoms with E-state index in [9.17, 15) is 18.0 Å². The Labute approximate surface area is 173 Å². The van der Waals surface area contributed by atoms with Crippen molar-refractivity contribution in [2.24, 2.45) is 10.8 Å². The fraction of sp³-hybridized carbons (Fsp3) is 0.368. The van der Waals surface area contributed by atoms with Crippen molar-refractivity contribution in [2.75, 3.05) is 21.8 Å². The van der Waals surface area contributed by atoms with E-state index in [1.807, 2.05) is 6.07 Å². The van der Waals surface area contributed by atoms with E-state index in [1.165, 1.54) is 5.01 Å². The molecule has 1 fully saturated rings. The summed E-state index contributed by atoms with van der Waals surface area (Å²) in [5.41, 5.74) is 6.99. The van der Waals surface area contributed by atoms with Crippen molar-refractivity contribution in [3.63, 3.8) is 0 Å². The zero-order chi connectivity index (χ0) is 21.5. The van der Waals surface area contributed by atoms with Gasteiger partial charge in [-0.1, -0.05) is 18.2 Å². The number of rotatable bonds is 5. The normalized spacial score (nSPS) is 22.7. The molecule has 0 aliphatic carbocycles. The van der Waals surface area contributed by atoms with Gasteiger partial charge >= 0.3 is 0 Å². The molecule has 1 saturated heterocycles. The monoisotopic (exact) mass is 430 g/mol. The van der Waals surface area contributed by atoms with Gasteiger partial charge in [0, 0.05) is 12.5 Å². The Kier molecular flexibility index (Phi) is 5.06. The number of anilines is 2. The second kappa shape index (κ2) is 7.56. The highest BCUT2D eigenvalue weighted by Crippen LogP contribution is 2.28. The van der Waals surface area contributed by atoms with E-state index >= 15 is 0 Å². The summed E-state index contributed by atoms with van der Waals surface area (Å²) < 4.78 is 25.2. The maximum absolute atomic E-state index is 12.9. The summed E-state index contributed by atoms with van der Waals surface area (Å²) in [5.74, 6) is -0.577. The lowest BCUT2D eigenvalue weighted by molar-refractivity contribution is -0.119. The number of sulfone groups is 1. The average Bonchev–Trinajstić information content (AvgIpc) is 3.39. The molecule has 0 radical (unpaired) electrons. The fourth-order valence-corrected chi connectivity index (χ4v) is 5.42. The van der Waals surface area contributed by atoms with Crippen molar-refractivity contribution in [2.45, 2.75) is 31.8 Å². The summed E-state index contributed by atoms with van der Waals surface area (Å²) in [6, 6.07) is 9.58. The number of hydrogen-bond donors (Lipinski definition) is 2. The van der Waals surface area contributed by atoms with Crippen molar-refractivity contribution in [1.82, 2.24) is 9.78 Å². The summed E-state index contributed by atoms with van der Waals surface area (Å²) in [6.07, 6.45) is 0.514. The molecule has 2 aliphatic heterocycles. The van der Waals surface area contributed by atoms with Gasteiger partial charge in [-0.15, -0.1) is 0 Å². The first kappa shape index (κ1) is 20.1. The van der Waals surface area contributed by atoms with Crippen molar-refractivity contribution < 1.29 is 18.0 Å². The van der Waals surface area contributed by atoms with Crippen LogP contribution in [-0.4, -0.2) is 53.3 Å². The number of amides is 2. The molecule has 11 heteroatoms. The second-order valence-corrected chi connectivity index (χ2v) is 9.70. The Morgan fingerprint density at radius 2 is 1.97 bits per heavy atom. The van der Waals surface area contributed by atoms with Gasteiger partial charge in [0.2, 0.25) is 5.91 Å². The topological polar surface area (TPSA) is 140 Å². The summed E-state index contributed by atoms with van der Waals surface area (Å²) in [6.45, 7) is 1.77. The minimum absolute atomic E-state index is 0.0104. The highest BCUT2D eigenvalue weighted by Gasteiger charge is 2.36. The Morgan fingerprint density at radius 3 is 2.60 bits per heavy atom. The molecule has 3 heterocycles. The van der Waals surface area contributed by atoms with E-state index in [0.29, 0.717) is 23.6 Å². The van der Waals surface area contributed by atoms with Crippen LogP contribution >= 0.6 is 0 Å². The maximum Gasteiger partial charge on any atom is 0.273 e. The van der Waals surface area contributed by atoms with Gasteiger partial charge in [-0.3, -0.25) is 14.6 Å². The van der Waals surface area contributed by atoms with E-state index in [4.69, 9.17) is 5.73 Å². The Hall–Kier alpha value is -3.21. The standard InChI is InChI=1S/C19H22N6O4S/c1-12-9-17(25(22-12)14-7-8-30(28,29)11-14)21-19(27)15-10-16(18(20)26)24(23-15)13-5-3-2-4-6-13/h2-6,9,14,16H,7-8,10-11H2,1H3,(H2,20,26)(H,21,27). The number of nitrogens with zero attached hydrogens (tertiary/aromatic N) is 4. The average molecular weight is 430 g/mol. The third-order valence-electron chi connectivity index (χ3n) is 5.18. The van der Waals surface area contributed by atoms with Crippen molar-refractivity contribution in [3.05, 3.63) is 42.1 Å². The first-order valence-electron chi connectivity index (χ1n) is 9.52. The zero-order valence-electron chi connectivity index (χ0n) is 16.4. The van der Waals surface area contributed by atoms with E-state index in [1.54, 1.807) is 41.9 Å². The van der Waals surface area contributed by atoms with Crippen LogP contribution in [0.3, 0.4) is 0 Å². The van der Waals surface area contributed by atoms with E-state index in [2.05, 4.69) is 15.5 Å². The lowest BCUT2D eigenvalue weighted by atomic mass is 10.1. The molecule has 2 atom stereocenters. The van der Waals surface area contributed by atoms with Gasteiger partial charge in [0.05, 0.1) is 28.9 Å². The Bertz CT molecular complexity index is 1130. The molecule has 2 unspecified atom stereocenters. The van der Waals surface area contributed by atoms with Gasteiger partial charge < -0.3 is 11.1 Å². The predicted molar refractivity (Wildman–Crippen MR) is 112 cm³/mol. The number of aryl methyl sites for hydroxylation is 1. The van der Waals surface area contributed by atoms with Crippen molar-refractivity contribution in [1.29, 1.82) is 0 Å². The minimum atomic E-state index is -3.11. The van der Waals surface area contributed by atoms with Crippen LogP contribution in [0.25, 0.3) is 0 Å². The van der Waals surface area contributed by atoms with Crippen molar-refractivity contribution >= 4 is 38.9 Å². The smallest absolute Gasteiger partial charge is 0.273 e. The zero-order valence-corrected chi connectivity index (χ0v) is 17.2. The van der Waals surface area contributed by atoms with Crippen LogP contribution in [0.2, 0.25) is 0 Å². The molecule has 1 aromatic heterocycles. The summed E-state index contributed by atoms with van der Waals surface area (Å²) in [5, 5.41) is 12.9. The van der Waals surface area contributed by atoms with Crippen LogP contribution in [-0.2, 0) is 19.4 Å². The molecule has 0 saturated carbocycles. The molecule has 0 bridgehead atoms. The molecular formula is C19H22N6O4S. The second-order valence-electron chi connectivity index (χ2n) is 7.48. The Balaban J connectivity index is 1.57. The number of hydrazone groups is 1. The molecule has 2 aliphatic rings.